The highest BCUT2D eigenvalue weighted by atomic mass is 79.9. The molecule has 0 aliphatic carbocycles. The Bertz CT molecular complexity index is 962. The Morgan fingerprint density at radius 1 is 1.19 bits per heavy atom. The molecule has 1 aliphatic rings. The summed E-state index contributed by atoms with van der Waals surface area (Å²) in [5, 5.41) is 12.4. The van der Waals surface area contributed by atoms with Crippen LogP contribution in [0.1, 0.15) is 31.4 Å². The van der Waals surface area contributed by atoms with E-state index in [2.05, 4.69) is 26.2 Å². The van der Waals surface area contributed by atoms with E-state index in [1.807, 2.05) is 42.7 Å². The monoisotopic (exact) mass is 490 g/mol. The summed E-state index contributed by atoms with van der Waals surface area (Å²) in [5.41, 5.74) is 3.20. The van der Waals surface area contributed by atoms with Crippen LogP contribution in [0.15, 0.2) is 58.0 Å². The highest BCUT2D eigenvalue weighted by molar-refractivity contribution is 9.10. The number of carbonyl (C=O) groups is 2. The minimum absolute atomic E-state index is 0.125. The van der Waals surface area contributed by atoms with Gasteiger partial charge in [0.05, 0.1) is 16.2 Å². The first-order chi connectivity index (χ1) is 14.9. The molecular formula is C22H24BrFN4O3. The molecule has 2 aromatic rings. The largest absolute Gasteiger partial charge is 0.331 e. The van der Waals surface area contributed by atoms with Crippen molar-refractivity contribution in [3.8, 4) is 0 Å². The molecule has 9 heteroatoms. The Kier molecular flexibility index (Phi) is 7.75. The number of ketones is 1. The molecule has 7 nitrogen and oxygen atoms in total. The summed E-state index contributed by atoms with van der Waals surface area (Å²) in [6.45, 7) is 2.77. The van der Waals surface area contributed by atoms with Crippen molar-refractivity contribution in [2.24, 2.45) is 10.9 Å². The molecule has 1 aliphatic heterocycles. The third-order valence-corrected chi connectivity index (χ3v) is 5.88. The zero-order valence-corrected chi connectivity index (χ0v) is 18.6. The van der Waals surface area contributed by atoms with E-state index in [0.717, 1.165) is 5.56 Å². The van der Waals surface area contributed by atoms with Gasteiger partial charge < -0.3 is 10.2 Å². The van der Waals surface area contributed by atoms with Crippen LogP contribution in [0, 0.1) is 11.7 Å². The molecule has 31 heavy (non-hydrogen) atoms. The van der Waals surface area contributed by atoms with Crippen molar-refractivity contribution in [1.29, 1.82) is 0 Å². The number of aliphatic imine (C=N–C) groups is 1. The van der Waals surface area contributed by atoms with Crippen LogP contribution in [0.5, 0.6) is 0 Å². The van der Waals surface area contributed by atoms with Gasteiger partial charge in [0.2, 0.25) is 5.78 Å². The SMILES string of the molecule is C[C@@H](NC(=O)N1CCC(C(=O)C(=Nc2ccc(F)c(Br)c2)NO)CC1)c1ccccc1. The number of carbonyl (C=O) groups excluding carboxylic acids is 2. The van der Waals surface area contributed by atoms with Crippen LogP contribution >= 0.6 is 15.9 Å². The molecule has 0 radical (unpaired) electrons. The number of amides is 2. The highest BCUT2D eigenvalue weighted by Crippen LogP contribution is 2.24. The molecule has 0 bridgehead atoms. The Morgan fingerprint density at radius 3 is 2.48 bits per heavy atom. The molecule has 0 aromatic heterocycles. The van der Waals surface area contributed by atoms with E-state index in [9.17, 15) is 19.2 Å². The van der Waals surface area contributed by atoms with Crippen LogP contribution in [-0.2, 0) is 4.79 Å². The second kappa shape index (κ2) is 10.5. The molecule has 0 saturated carbocycles. The summed E-state index contributed by atoms with van der Waals surface area (Å²) in [4.78, 5) is 31.1. The Balaban J connectivity index is 1.57. The zero-order chi connectivity index (χ0) is 22.4. The number of amidine groups is 1. The molecule has 2 aromatic carbocycles. The minimum Gasteiger partial charge on any atom is -0.331 e. The molecule has 3 rings (SSSR count). The third-order valence-electron chi connectivity index (χ3n) is 5.28. The van der Waals surface area contributed by atoms with E-state index in [1.54, 1.807) is 4.90 Å². The lowest BCUT2D eigenvalue weighted by Crippen LogP contribution is -2.47. The summed E-state index contributed by atoms with van der Waals surface area (Å²) in [5.74, 6) is -1.38. The maximum absolute atomic E-state index is 13.4. The number of hydrogen-bond acceptors (Lipinski definition) is 4. The number of Topliss-reactive ketones (excluding diaryl/α,β-unsaturated/α-hetero) is 1. The van der Waals surface area contributed by atoms with Gasteiger partial charge >= 0.3 is 6.03 Å². The number of hydroxylamine groups is 1. The van der Waals surface area contributed by atoms with E-state index >= 15 is 0 Å². The molecule has 1 saturated heterocycles. The maximum atomic E-state index is 13.4. The topological polar surface area (TPSA) is 94.0 Å². The fourth-order valence-corrected chi connectivity index (χ4v) is 3.83. The Hall–Kier alpha value is -2.78. The van der Waals surface area contributed by atoms with Gasteiger partial charge in [-0.15, -0.1) is 0 Å². The average Bonchev–Trinajstić information content (AvgIpc) is 2.80. The second-order valence-corrected chi connectivity index (χ2v) is 8.23. The van der Waals surface area contributed by atoms with Crippen molar-refractivity contribution in [2.45, 2.75) is 25.8 Å². The van der Waals surface area contributed by atoms with E-state index < -0.39 is 5.82 Å². The number of piperidine rings is 1. The minimum atomic E-state index is -0.448. The molecule has 164 valence electrons. The fourth-order valence-electron chi connectivity index (χ4n) is 3.46. The lowest BCUT2D eigenvalue weighted by atomic mass is 9.92. The normalized spacial score (nSPS) is 16.0. The number of hydrogen-bond donors (Lipinski definition) is 3. The van der Waals surface area contributed by atoms with Crippen molar-refractivity contribution in [2.75, 3.05) is 13.1 Å². The molecule has 3 N–H and O–H groups in total. The number of nitrogens with zero attached hydrogens (tertiary/aromatic N) is 2. The van der Waals surface area contributed by atoms with Crippen LogP contribution in [-0.4, -0.2) is 40.8 Å². The van der Waals surface area contributed by atoms with Crippen molar-refractivity contribution in [3.05, 3.63) is 64.4 Å². The van der Waals surface area contributed by atoms with Crippen LogP contribution < -0.4 is 10.8 Å². The van der Waals surface area contributed by atoms with Crippen LogP contribution in [0.25, 0.3) is 0 Å². The smallest absolute Gasteiger partial charge is 0.317 e. The molecular weight excluding hydrogens is 467 g/mol. The molecule has 1 heterocycles. The van der Waals surface area contributed by atoms with E-state index in [1.165, 1.54) is 18.2 Å². The van der Waals surface area contributed by atoms with Crippen molar-refractivity contribution >= 4 is 39.3 Å². The summed E-state index contributed by atoms with van der Waals surface area (Å²) in [6, 6.07) is 13.4. The van der Waals surface area contributed by atoms with Gasteiger partial charge in [0.15, 0.2) is 5.84 Å². The quantitative estimate of drug-likeness (QED) is 0.330. The van der Waals surface area contributed by atoms with Gasteiger partial charge in [-0.25, -0.2) is 19.7 Å². The number of urea groups is 1. The van der Waals surface area contributed by atoms with Crippen LogP contribution in [0.4, 0.5) is 14.9 Å². The number of benzene rings is 2. The van der Waals surface area contributed by atoms with Crippen molar-refractivity contribution < 1.29 is 19.2 Å². The van der Waals surface area contributed by atoms with Gasteiger partial charge in [-0.2, -0.15) is 0 Å². The van der Waals surface area contributed by atoms with Crippen molar-refractivity contribution in [1.82, 2.24) is 15.7 Å². The lowest BCUT2D eigenvalue weighted by Gasteiger charge is -2.32. The van der Waals surface area contributed by atoms with Gasteiger partial charge in [0.25, 0.3) is 0 Å². The number of rotatable bonds is 5. The van der Waals surface area contributed by atoms with Crippen LogP contribution in [0.2, 0.25) is 0 Å². The summed E-state index contributed by atoms with van der Waals surface area (Å²) >= 11 is 3.07. The van der Waals surface area contributed by atoms with Gasteiger partial charge in [0.1, 0.15) is 5.82 Å². The first kappa shape index (κ1) is 22.9. The fraction of sp³-hybridized carbons (Fsp3) is 0.318. The van der Waals surface area contributed by atoms with E-state index in [4.69, 9.17) is 0 Å². The van der Waals surface area contributed by atoms with Gasteiger partial charge in [-0.3, -0.25) is 10.0 Å². The Labute approximate surface area is 188 Å². The molecule has 0 unspecified atom stereocenters. The summed E-state index contributed by atoms with van der Waals surface area (Å²) in [6.07, 6.45) is 0.916. The molecule has 0 spiro atoms. The Morgan fingerprint density at radius 2 is 1.87 bits per heavy atom. The van der Waals surface area contributed by atoms with Gasteiger partial charge in [-0.05, 0) is 59.5 Å². The maximum Gasteiger partial charge on any atom is 0.317 e. The second-order valence-electron chi connectivity index (χ2n) is 7.38. The van der Waals surface area contributed by atoms with Crippen LogP contribution in [0.3, 0.4) is 0 Å². The lowest BCUT2D eigenvalue weighted by molar-refractivity contribution is -0.118. The highest BCUT2D eigenvalue weighted by Gasteiger charge is 2.30. The average molecular weight is 491 g/mol. The first-order valence-corrected chi connectivity index (χ1v) is 10.8. The third kappa shape index (κ3) is 5.89. The standard InChI is InChI=1S/C22H24BrFN4O3/c1-14(15-5-3-2-4-6-15)25-22(30)28-11-9-16(10-12-28)20(29)21(27-31)26-17-7-8-19(24)18(23)13-17/h2-8,13-14,16,31H,9-12H2,1H3,(H,25,30)(H,26,27)/t14-/m1/s1. The molecule has 2 amide bonds. The van der Waals surface area contributed by atoms with Gasteiger partial charge in [-0.1, -0.05) is 30.3 Å². The van der Waals surface area contributed by atoms with E-state index in [0.29, 0.717) is 31.6 Å². The van der Waals surface area contributed by atoms with Crippen molar-refractivity contribution in [3.63, 3.8) is 0 Å². The zero-order valence-electron chi connectivity index (χ0n) is 17.0. The summed E-state index contributed by atoms with van der Waals surface area (Å²) < 4.78 is 13.6. The molecule has 1 atom stereocenters. The predicted octanol–water partition coefficient (Wildman–Crippen LogP) is 4.35. The number of likely N-dealkylation sites (tertiary alicyclic amines) is 1. The number of nitrogens with one attached hydrogen (secondary N) is 2. The summed E-state index contributed by atoms with van der Waals surface area (Å²) in [7, 11) is 0. The van der Waals surface area contributed by atoms with E-state index in [-0.39, 0.29) is 34.1 Å². The number of halogens is 2. The van der Waals surface area contributed by atoms with Gasteiger partial charge in [0, 0.05) is 19.0 Å². The predicted molar refractivity (Wildman–Crippen MR) is 119 cm³/mol. The molecule has 1 fully saturated rings. The first-order valence-electron chi connectivity index (χ1n) is 9.97.